The van der Waals surface area contributed by atoms with Crippen LogP contribution in [0.4, 0.5) is 0 Å². The summed E-state index contributed by atoms with van der Waals surface area (Å²) in [4.78, 5) is 11.5. The van der Waals surface area contributed by atoms with E-state index in [1.807, 2.05) is 37.4 Å². The first-order valence-electron chi connectivity index (χ1n) is 6.99. The standard InChI is InChI=1S/C16H20N2O3/c1-3-18-11-13(10-17-18)8-14(16(19)20)7-12-5-4-6-15(9-12)21-2/h4-6,9-11,14H,3,7-8H2,1-2H3,(H,19,20). The van der Waals surface area contributed by atoms with Crippen molar-refractivity contribution in [3.63, 3.8) is 0 Å². The predicted octanol–water partition coefficient (Wildman–Crippen LogP) is 2.40. The van der Waals surface area contributed by atoms with Gasteiger partial charge >= 0.3 is 5.97 Å². The Kier molecular flexibility index (Phi) is 4.98. The molecule has 0 radical (unpaired) electrons. The first-order chi connectivity index (χ1) is 10.1. The number of ether oxygens (including phenoxy) is 1. The molecule has 1 N–H and O–H groups in total. The van der Waals surface area contributed by atoms with Gasteiger partial charge in [-0.3, -0.25) is 9.48 Å². The normalized spacial score (nSPS) is 12.1. The number of nitrogens with zero attached hydrogens (tertiary/aromatic N) is 2. The van der Waals surface area contributed by atoms with E-state index >= 15 is 0 Å². The van der Waals surface area contributed by atoms with E-state index in [4.69, 9.17) is 4.74 Å². The minimum Gasteiger partial charge on any atom is -0.497 e. The summed E-state index contributed by atoms with van der Waals surface area (Å²) < 4.78 is 6.98. The summed E-state index contributed by atoms with van der Waals surface area (Å²) in [5, 5.41) is 13.6. The fraction of sp³-hybridized carbons (Fsp3) is 0.375. The number of methoxy groups -OCH3 is 1. The highest BCUT2D eigenvalue weighted by Crippen LogP contribution is 2.19. The summed E-state index contributed by atoms with van der Waals surface area (Å²) >= 11 is 0. The van der Waals surface area contributed by atoms with Gasteiger partial charge in [0.25, 0.3) is 0 Å². The van der Waals surface area contributed by atoms with E-state index in [9.17, 15) is 9.90 Å². The molecule has 0 bridgehead atoms. The first kappa shape index (κ1) is 15.1. The molecule has 0 amide bonds. The Morgan fingerprint density at radius 1 is 1.38 bits per heavy atom. The third-order valence-corrected chi connectivity index (χ3v) is 3.46. The smallest absolute Gasteiger partial charge is 0.307 e. The van der Waals surface area contributed by atoms with Gasteiger partial charge in [0.15, 0.2) is 0 Å². The molecule has 0 saturated heterocycles. The van der Waals surface area contributed by atoms with Crippen molar-refractivity contribution in [2.75, 3.05) is 7.11 Å². The van der Waals surface area contributed by atoms with Crippen molar-refractivity contribution < 1.29 is 14.6 Å². The lowest BCUT2D eigenvalue weighted by Gasteiger charge is -2.12. The van der Waals surface area contributed by atoms with Crippen molar-refractivity contribution in [3.8, 4) is 5.75 Å². The van der Waals surface area contributed by atoms with E-state index in [-0.39, 0.29) is 0 Å². The van der Waals surface area contributed by atoms with Gasteiger partial charge in [-0.05, 0) is 43.0 Å². The zero-order chi connectivity index (χ0) is 15.2. The number of benzene rings is 1. The van der Waals surface area contributed by atoms with Gasteiger partial charge in [-0.2, -0.15) is 5.10 Å². The molecule has 0 fully saturated rings. The lowest BCUT2D eigenvalue weighted by Crippen LogP contribution is -2.19. The number of aryl methyl sites for hydroxylation is 1. The quantitative estimate of drug-likeness (QED) is 0.849. The van der Waals surface area contributed by atoms with Gasteiger partial charge in [0.1, 0.15) is 5.75 Å². The van der Waals surface area contributed by atoms with Crippen LogP contribution < -0.4 is 4.74 Å². The summed E-state index contributed by atoms with van der Waals surface area (Å²) in [5.74, 6) is -0.510. The Balaban J connectivity index is 2.09. The molecule has 1 unspecified atom stereocenters. The number of carbonyl (C=O) groups is 1. The van der Waals surface area contributed by atoms with E-state index < -0.39 is 11.9 Å². The maximum Gasteiger partial charge on any atom is 0.307 e. The second-order valence-electron chi connectivity index (χ2n) is 5.00. The molecule has 1 atom stereocenters. The fourth-order valence-electron chi connectivity index (χ4n) is 2.30. The Hall–Kier alpha value is -2.30. The predicted molar refractivity (Wildman–Crippen MR) is 79.4 cm³/mol. The molecule has 112 valence electrons. The molecule has 0 aliphatic heterocycles. The highest BCUT2D eigenvalue weighted by molar-refractivity contribution is 5.70. The van der Waals surface area contributed by atoms with Crippen LogP contribution in [0.2, 0.25) is 0 Å². The van der Waals surface area contributed by atoms with Gasteiger partial charge in [0.2, 0.25) is 0 Å². The molecule has 0 saturated carbocycles. The van der Waals surface area contributed by atoms with Gasteiger partial charge < -0.3 is 9.84 Å². The largest absolute Gasteiger partial charge is 0.497 e. The zero-order valence-electron chi connectivity index (χ0n) is 12.3. The molecule has 1 aromatic carbocycles. The van der Waals surface area contributed by atoms with Crippen LogP contribution in [0.5, 0.6) is 5.75 Å². The number of carboxylic acid groups (broad SMARTS) is 1. The lowest BCUT2D eigenvalue weighted by molar-refractivity contribution is -0.141. The van der Waals surface area contributed by atoms with Crippen LogP contribution in [0.25, 0.3) is 0 Å². The number of aromatic nitrogens is 2. The third-order valence-electron chi connectivity index (χ3n) is 3.46. The summed E-state index contributed by atoms with van der Waals surface area (Å²) in [6.07, 6.45) is 4.60. The van der Waals surface area contributed by atoms with E-state index in [0.29, 0.717) is 12.8 Å². The highest BCUT2D eigenvalue weighted by atomic mass is 16.5. The molecule has 2 aromatic rings. The van der Waals surface area contributed by atoms with E-state index in [0.717, 1.165) is 23.4 Å². The van der Waals surface area contributed by atoms with Crippen molar-refractivity contribution in [1.82, 2.24) is 9.78 Å². The average Bonchev–Trinajstić information content (AvgIpc) is 2.94. The molecule has 5 heteroatoms. The minimum absolute atomic E-state index is 0.466. The topological polar surface area (TPSA) is 64.3 Å². The van der Waals surface area contributed by atoms with Gasteiger partial charge in [-0.25, -0.2) is 0 Å². The Morgan fingerprint density at radius 2 is 2.14 bits per heavy atom. The number of aliphatic carboxylic acids is 1. The lowest BCUT2D eigenvalue weighted by atomic mass is 9.94. The molecule has 21 heavy (non-hydrogen) atoms. The summed E-state index contributed by atoms with van der Waals surface area (Å²) in [7, 11) is 1.60. The van der Waals surface area contributed by atoms with Crippen LogP contribution in [-0.2, 0) is 24.2 Å². The minimum atomic E-state index is -0.790. The maximum atomic E-state index is 11.5. The van der Waals surface area contributed by atoms with Crippen LogP contribution in [0, 0.1) is 5.92 Å². The Labute approximate surface area is 124 Å². The van der Waals surface area contributed by atoms with Gasteiger partial charge in [0.05, 0.1) is 19.2 Å². The monoisotopic (exact) mass is 288 g/mol. The Bertz CT molecular complexity index is 607. The highest BCUT2D eigenvalue weighted by Gasteiger charge is 2.19. The molecular formula is C16H20N2O3. The third kappa shape index (κ3) is 4.08. The van der Waals surface area contributed by atoms with Crippen molar-refractivity contribution >= 4 is 5.97 Å². The second-order valence-corrected chi connectivity index (χ2v) is 5.00. The van der Waals surface area contributed by atoms with Crippen LogP contribution >= 0.6 is 0 Å². The maximum absolute atomic E-state index is 11.5. The molecule has 2 rings (SSSR count). The van der Waals surface area contributed by atoms with Crippen molar-refractivity contribution in [2.24, 2.45) is 5.92 Å². The van der Waals surface area contributed by atoms with Gasteiger partial charge in [-0.1, -0.05) is 12.1 Å². The van der Waals surface area contributed by atoms with E-state index in [2.05, 4.69) is 5.10 Å². The summed E-state index contributed by atoms with van der Waals surface area (Å²) in [5.41, 5.74) is 1.91. The number of carboxylic acids is 1. The molecule has 0 aliphatic carbocycles. The first-order valence-corrected chi connectivity index (χ1v) is 6.99. The Morgan fingerprint density at radius 3 is 2.76 bits per heavy atom. The fourth-order valence-corrected chi connectivity index (χ4v) is 2.30. The molecular weight excluding hydrogens is 268 g/mol. The number of hydrogen-bond donors (Lipinski definition) is 1. The summed E-state index contributed by atoms with van der Waals surface area (Å²) in [6, 6.07) is 7.53. The van der Waals surface area contributed by atoms with Crippen LogP contribution in [0.15, 0.2) is 36.7 Å². The molecule has 1 aromatic heterocycles. The van der Waals surface area contributed by atoms with Crippen molar-refractivity contribution in [1.29, 1.82) is 0 Å². The zero-order valence-corrected chi connectivity index (χ0v) is 12.3. The van der Waals surface area contributed by atoms with Crippen LogP contribution in [0.1, 0.15) is 18.1 Å². The van der Waals surface area contributed by atoms with E-state index in [1.54, 1.807) is 18.0 Å². The van der Waals surface area contributed by atoms with Crippen molar-refractivity contribution in [2.45, 2.75) is 26.3 Å². The number of hydrogen-bond acceptors (Lipinski definition) is 3. The van der Waals surface area contributed by atoms with Crippen LogP contribution in [0.3, 0.4) is 0 Å². The van der Waals surface area contributed by atoms with Gasteiger partial charge in [-0.15, -0.1) is 0 Å². The SMILES string of the molecule is CCn1cc(CC(Cc2cccc(OC)c2)C(=O)O)cn1. The molecule has 0 spiro atoms. The molecule has 0 aliphatic rings. The molecule has 5 nitrogen and oxygen atoms in total. The van der Waals surface area contributed by atoms with Crippen molar-refractivity contribution in [3.05, 3.63) is 47.8 Å². The second kappa shape index (κ2) is 6.92. The average molecular weight is 288 g/mol. The van der Waals surface area contributed by atoms with Gasteiger partial charge in [0, 0.05) is 12.7 Å². The summed E-state index contributed by atoms with van der Waals surface area (Å²) in [6.45, 7) is 2.79. The van der Waals surface area contributed by atoms with E-state index in [1.165, 1.54) is 0 Å². The van der Waals surface area contributed by atoms with Crippen LogP contribution in [-0.4, -0.2) is 28.0 Å². The number of rotatable bonds is 7. The molecule has 1 heterocycles.